The Kier molecular flexibility index (Phi) is 4.35. The van der Waals surface area contributed by atoms with Crippen LogP contribution in [0.4, 0.5) is 9.18 Å². The Bertz CT molecular complexity index is 1090. The number of imide groups is 1. The van der Waals surface area contributed by atoms with Crippen molar-refractivity contribution in [1.29, 1.82) is 0 Å². The highest BCUT2D eigenvalue weighted by Gasteiger charge is 2.64. The molecule has 160 valence electrons. The molecule has 3 heterocycles. The van der Waals surface area contributed by atoms with Gasteiger partial charge in [0.15, 0.2) is 0 Å². The van der Waals surface area contributed by atoms with Gasteiger partial charge in [-0.25, -0.2) is 9.18 Å². The molecular weight excluding hydrogens is 401 g/mol. The number of pyridine rings is 1. The van der Waals surface area contributed by atoms with E-state index in [0.717, 1.165) is 5.56 Å². The number of aromatic nitrogens is 1. The topological polar surface area (TPSA) is 97.4 Å². The molecule has 6 atom stereocenters. The zero-order valence-electron chi connectivity index (χ0n) is 17.1. The fourth-order valence-corrected chi connectivity index (χ4v) is 5.63. The lowest BCUT2D eigenvalue weighted by molar-refractivity contribution is -0.144. The first-order valence-electron chi connectivity index (χ1n) is 10.4. The second kappa shape index (κ2) is 6.87. The van der Waals surface area contributed by atoms with Gasteiger partial charge in [-0.1, -0.05) is 25.1 Å². The minimum Gasteiger partial charge on any atom is -0.462 e. The average Bonchev–Trinajstić information content (AvgIpc) is 3.18. The van der Waals surface area contributed by atoms with E-state index in [1.54, 1.807) is 18.3 Å². The molecule has 3 fully saturated rings. The summed E-state index contributed by atoms with van der Waals surface area (Å²) in [7, 11) is 0. The number of amides is 3. The van der Waals surface area contributed by atoms with Crippen LogP contribution in [0.2, 0.25) is 0 Å². The Morgan fingerprint density at radius 3 is 2.58 bits per heavy atom. The number of ether oxygens (including phenoxy) is 1. The summed E-state index contributed by atoms with van der Waals surface area (Å²) in [6.45, 7) is 3.76. The molecule has 1 aromatic heterocycles. The summed E-state index contributed by atoms with van der Waals surface area (Å²) in [5.74, 6) is -2.37. The average molecular weight is 423 g/mol. The SMILES string of the molecule is C[C@H]1OC(=O)[C@@H]2CC3(NC(=O)NC3=O)[C@@H](C)[C@H](c3ccc(-c4cccc(F)c4)cn3)[C@H]12. The van der Waals surface area contributed by atoms with Crippen LogP contribution in [0.25, 0.3) is 11.1 Å². The molecule has 0 bridgehead atoms. The Morgan fingerprint density at radius 1 is 1.13 bits per heavy atom. The fraction of sp³-hybridized carbons (Fsp3) is 0.391. The first-order valence-corrected chi connectivity index (χ1v) is 10.4. The van der Waals surface area contributed by atoms with E-state index >= 15 is 0 Å². The number of halogens is 1. The number of nitrogens with one attached hydrogen (secondary N) is 2. The van der Waals surface area contributed by atoms with E-state index in [1.165, 1.54) is 12.1 Å². The molecule has 1 unspecified atom stereocenters. The van der Waals surface area contributed by atoms with Crippen LogP contribution in [0.15, 0.2) is 42.6 Å². The highest BCUT2D eigenvalue weighted by molar-refractivity contribution is 6.07. The third-order valence-corrected chi connectivity index (χ3v) is 7.14. The molecule has 0 radical (unpaired) electrons. The molecule has 2 aromatic rings. The predicted octanol–water partition coefficient (Wildman–Crippen LogP) is 2.77. The third-order valence-electron chi connectivity index (χ3n) is 7.14. The quantitative estimate of drug-likeness (QED) is 0.572. The highest BCUT2D eigenvalue weighted by atomic mass is 19.1. The lowest BCUT2D eigenvalue weighted by Crippen LogP contribution is -2.60. The number of hydrogen-bond acceptors (Lipinski definition) is 5. The minimum atomic E-state index is -1.19. The Labute approximate surface area is 178 Å². The molecule has 3 aliphatic rings. The van der Waals surface area contributed by atoms with Crippen LogP contribution < -0.4 is 10.6 Å². The lowest BCUT2D eigenvalue weighted by atomic mass is 9.57. The highest BCUT2D eigenvalue weighted by Crippen LogP contribution is 2.54. The number of hydrogen-bond donors (Lipinski definition) is 2. The molecule has 2 saturated heterocycles. The summed E-state index contributed by atoms with van der Waals surface area (Å²) < 4.78 is 19.1. The smallest absolute Gasteiger partial charge is 0.322 e. The van der Waals surface area contributed by atoms with Gasteiger partial charge in [-0.3, -0.25) is 19.9 Å². The van der Waals surface area contributed by atoms with Gasteiger partial charge in [-0.2, -0.15) is 0 Å². The van der Waals surface area contributed by atoms with Gasteiger partial charge in [0.2, 0.25) is 0 Å². The van der Waals surface area contributed by atoms with E-state index in [1.807, 2.05) is 26.0 Å². The van der Waals surface area contributed by atoms with Gasteiger partial charge >= 0.3 is 12.0 Å². The van der Waals surface area contributed by atoms with Gasteiger partial charge in [0, 0.05) is 29.3 Å². The number of carbonyl (C=O) groups excluding carboxylic acids is 3. The van der Waals surface area contributed by atoms with Crippen molar-refractivity contribution in [3.8, 4) is 11.1 Å². The second-order valence-electron chi connectivity index (χ2n) is 8.71. The van der Waals surface area contributed by atoms with Crippen LogP contribution >= 0.6 is 0 Å². The first kappa shape index (κ1) is 19.7. The van der Waals surface area contributed by atoms with Crippen molar-refractivity contribution in [2.45, 2.75) is 37.8 Å². The van der Waals surface area contributed by atoms with E-state index in [0.29, 0.717) is 11.3 Å². The van der Waals surface area contributed by atoms with Crippen LogP contribution in [0, 0.1) is 23.6 Å². The van der Waals surface area contributed by atoms with Crippen LogP contribution in [0.5, 0.6) is 0 Å². The molecule has 5 rings (SSSR count). The van der Waals surface area contributed by atoms with Crippen molar-refractivity contribution in [2.24, 2.45) is 17.8 Å². The summed E-state index contributed by atoms with van der Waals surface area (Å²) in [6.07, 6.45) is 1.55. The van der Waals surface area contributed by atoms with Gasteiger partial charge in [0.1, 0.15) is 17.5 Å². The zero-order valence-corrected chi connectivity index (χ0v) is 17.1. The van der Waals surface area contributed by atoms with Crippen LogP contribution in [-0.2, 0) is 14.3 Å². The molecule has 1 aliphatic carbocycles. The molecule has 1 saturated carbocycles. The molecule has 31 heavy (non-hydrogen) atoms. The molecule has 3 amide bonds. The number of esters is 1. The van der Waals surface area contributed by atoms with E-state index in [-0.39, 0.29) is 42.1 Å². The zero-order chi connectivity index (χ0) is 21.9. The first-order chi connectivity index (χ1) is 14.8. The molecule has 8 heteroatoms. The maximum absolute atomic E-state index is 13.6. The van der Waals surface area contributed by atoms with Crippen molar-refractivity contribution in [2.75, 3.05) is 0 Å². The van der Waals surface area contributed by atoms with Gasteiger partial charge in [0.05, 0.1) is 5.92 Å². The van der Waals surface area contributed by atoms with E-state index in [9.17, 15) is 18.8 Å². The van der Waals surface area contributed by atoms with Crippen molar-refractivity contribution in [3.05, 3.63) is 54.1 Å². The van der Waals surface area contributed by atoms with E-state index < -0.39 is 23.4 Å². The third kappa shape index (κ3) is 2.92. The Hall–Kier alpha value is -3.29. The summed E-state index contributed by atoms with van der Waals surface area (Å²) in [5, 5.41) is 5.11. The summed E-state index contributed by atoms with van der Waals surface area (Å²) in [5.41, 5.74) is 0.993. The van der Waals surface area contributed by atoms with Gasteiger partial charge in [-0.05, 0) is 43.0 Å². The van der Waals surface area contributed by atoms with Crippen LogP contribution in [0.3, 0.4) is 0 Å². The number of fused-ring (bicyclic) bond motifs is 1. The maximum atomic E-state index is 13.6. The molecule has 2 aliphatic heterocycles. The van der Waals surface area contributed by atoms with Gasteiger partial charge in [0.25, 0.3) is 5.91 Å². The normalized spacial score (nSPS) is 34.3. The van der Waals surface area contributed by atoms with Crippen molar-refractivity contribution < 1.29 is 23.5 Å². The van der Waals surface area contributed by atoms with Crippen molar-refractivity contribution in [1.82, 2.24) is 15.6 Å². The summed E-state index contributed by atoms with van der Waals surface area (Å²) in [4.78, 5) is 42.0. The van der Waals surface area contributed by atoms with Gasteiger partial charge in [-0.15, -0.1) is 0 Å². The monoisotopic (exact) mass is 423 g/mol. The lowest BCUT2D eigenvalue weighted by Gasteiger charge is -2.47. The molecule has 2 N–H and O–H groups in total. The molecular formula is C23H22FN3O4. The van der Waals surface area contributed by atoms with Crippen molar-refractivity contribution >= 4 is 17.9 Å². The van der Waals surface area contributed by atoms with Gasteiger partial charge < -0.3 is 10.1 Å². The number of urea groups is 1. The minimum absolute atomic E-state index is 0.161. The Balaban J connectivity index is 1.56. The van der Waals surface area contributed by atoms with E-state index in [2.05, 4.69) is 15.6 Å². The molecule has 1 spiro atoms. The van der Waals surface area contributed by atoms with Crippen LogP contribution in [-0.4, -0.2) is 34.5 Å². The Morgan fingerprint density at radius 2 is 1.94 bits per heavy atom. The standard InChI is InChI=1S/C23H22FN3O4/c1-11-18(17-7-6-14(10-25-17)13-4-3-5-15(24)8-13)19-12(2)31-20(28)16(19)9-23(11)21(29)26-22(30)27-23/h3-8,10-12,16,18-19H,9H2,1-2H3,(H2,26,27,29,30)/t11-,12+,16+,18+,19+,23?/m0/s1. The number of carbonyl (C=O) groups is 3. The van der Waals surface area contributed by atoms with Crippen molar-refractivity contribution in [3.63, 3.8) is 0 Å². The molecule has 1 aromatic carbocycles. The number of benzene rings is 1. The fourth-order valence-electron chi connectivity index (χ4n) is 5.63. The maximum Gasteiger partial charge on any atom is 0.322 e. The number of nitrogens with zero attached hydrogens (tertiary/aromatic N) is 1. The largest absolute Gasteiger partial charge is 0.462 e. The van der Waals surface area contributed by atoms with E-state index in [4.69, 9.17) is 4.74 Å². The number of rotatable bonds is 2. The summed E-state index contributed by atoms with van der Waals surface area (Å²) >= 11 is 0. The second-order valence-corrected chi connectivity index (χ2v) is 8.71. The molecule has 7 nitrogen and oxygen atoms in total. The van der Waals surface area contributed by atoms with Crippen LogP contribution in [0.1, 0.15) is 31.9 Å². The number of cyclic esters (lactones) is 1. The predicted molar refractivity (Wildman–Crippen MR) is 108 cm³/mol. The summed E-state index contributed by atoms with van der Waals surface area (Å²) in [6, 6.07) is 9.42.